The molecule has 0 aromatic heterocycles. The Morgan fingerprint density at radius 1 is 1.25 bits per heavy atom. The summed E-state index contributed by atoms with van der Waals surface area (Å²) in [4.78, 5) is 0. The lowest BCUT2D eigenvalue weighted by atomic mass is 10.3. The third-order valence-electron chi connectivity index (χ3n) is 1.11. The Morgan fingerprint density at radius 2 is 1.92 bits per heavy atom. The molecular formula is C7H4Br2F2O. The third-order valence-corrected chi connectivity index (χ3v) is 2.26. The molecule has 0 aliphatic carbocycles. The Labute approximate surface area is 85.0 Å². The maximum atomic E-state index is 11.8. The third kappa shape index (κ3) is 2.71. The van der Waals surface area contributed by atoms with E-state index in [1.165, 1.54) is 6.07 Å². The summed E-state index contributed by atoms with van der Waals surface area (Å²) >= 11 is 6.22. The first-order valence-electron chi connectivity index (χ1n) is 2.99. The van der Waals surface area contributed by atoms with Gasteiger partial charge in [-0.25, -0.2) is 0 Å². The number of hydrogen-bond acceptors (Lipinski definition) is 1. The first kappa shape index (κ1) is 9.92. The van der Waals surface area contributed by atoms with Gasteiger partial charge in [0.1, 0.15) is 5.75 Å². The Morgan fingerprint density at radius 3 is 2.50 bits per heavy atom. The van der Waals surface area contributed by atoms with E-state index in [1.54, 1.807) is 12.1 Å². The van der Waals surface area contributed by atoms with E-state index < -0.39 is 6.61 Å². The fraction of sp³-hybridized carbons (Fsp3) is 0.143. The quantitative estimate of drug-likeness (QED) is 0.807. The summed E-state index contributed by atoms with van der Waals surface area (Å²) in [7, 11) is 0. The highest BCUT2D eigenvalue weighted by Gasteiger charge is 2.07. The van der Waals surface area contributed by atoms with Crippen LogP contribution in [0.4, 0.5) is 8.78 Å². The molecule has 0 amide bonds. The second-order valence-electron chi connectivity index (χ2n) is 1.95. The number of rotatable bonds is 2. The van der Waals surface area contributed by atoms with E-state index in [4.69, 9.17) is 0 Å². The monoisotopic (exact) mass is 300 g/mol. The Bertz CT molecular complexity index is 278. The van der Waals surface area contributed by atoms with Crippen LogP contribution < -0.4 is 4.74 Å². The van der Waals surface area contributed by atoms with Crippen molar-refractivity contribution in [1.29, 1.82) is 0 Å². The van der Waals surface area contributed by atoms with Crippen molar-refractivity contribution in [3.05, 3.63) is 27.1 Å². The van der Waals surface area contributed by atoms with E-state index in [9.17, 15) is 8.78 Å². The zero-order valence-corrected chi connectivity index (χ0v) is 8.90. The Hall–Kier alpha value is -0.160. The van der Waals surface area contributed by atoms with Gasteiger partial charge >= 0.3 is 6.61 Å². The van der Waals surface area contributed by atoms with Crippen LogP contribution >= 0.6 is 31.9 Å². The van der Waals surface area contributed by atoms with Crippen LogP contribution in [0.15, 0.2) is 27.1 Å². The predicted molar refractivity (Wildman–Crippen MR) is 48.5 cm³/mol. The molecule has 0 saturated carbocycles. The van der Waals surface area contributed by atoms with Crippen LogP contribution in [0.5, 0.6) is 5.75 Å². The maximum absolute atomic E-state index is 11.8. The number of hydrogen-bond donors (Lipinski definition) is 0. The molecule has 0 N–H and O–H groups in total. The normalized spacial score (nSPS) is 10.4. The minimum absolute atomic E-state index is 0.124. The average Bonchev–Trinajstić information content (AvgIpc) is 1.96. The molecule has 5 heteroatoms. The van der Waals surface area contributed by atoms with Crippen molar-refractivity contribution in [3.8, 4) is 5.75 Å². The van der Waals surface area contributed by atoms with E-state index in [-0.39, 0.29) is 5.75 Å². The highest BCUT2D eigenvalue weighted by molar-refractivity contribution is 9.11. The second kappa shape index (κ2) is 4.18. The molecular weight excluding hydrogens is 298 g/mol. The van der Waals surface area contributed by atoms with Gasteiger partial charge < -0.3 is 4.74 Å². The molecule has 0 aliphatic heterocycles. The van der Waals surface area contributed by atoms with Gasteiger partial charge in [-0.15, -0.1) is 0 Å². The highest BCUT2D eigenvalue weighted by atomic mass is 79.9. The van der Waals surface area contributed by atoms with Crippen molar-refractivity contribution in [2.24, 2.45) is 0 Å². The molecule has 1 rings (SSSR count). The minimum Gasteiger partial charge on any atom is -0.434 e. The first-order chi connectivity index (χ1) is 5.59. The van der Waals surface area contributed by atoms with E-state index in [1.807, 2.05) is 0 Å². The Kier molecular flexibility index (Phi) is 3.46. The van der Waals surface area contributed by atoms with Crippen molar-refractivity contribution in [2.45, 2.75) is 6.61 Å². The van der Waals surface area contributed by atoms with Gasteiger partial charge in [-0.1, -0.05) is 15.9 Å². The zero-order chi connectivity index (χ0) is 9.14. The lowest BCUT2D eigenvalue weighted by molar-refractivity contribution is -0.0503. The van der Waals surface area contributed by atoms with Crippen LogP contribution in [-0.2, 0) is 0 Å². The van der Waals surface area contributed by atoms with E-state index in [0.717, 1.165) is 0 Å². The summed E-state index contributed by atoms with van der Waals surface area (Å²) < 4.78 is 29.0. The van der Waals surface area contributed by atoms with Gasteiger partial charge in [0.05, 0.1) is 4.47 Å². The molecule has 0 bridgehead atoms. The predicted octanol–water partition coefficient (Wildman–Crippen LogP) is 3.81. The van der Waals surface area contributed by atoms with E-state index in [0.29, 0.717) is 8.95 Å². The minimum atomic E-state index is -2.80. The second-order valence-corrected chi connectivity index (χ2v) is 3.72. The van der Waals surface area contributed by atoms with Gasteiger partial charge in [-0.3, -0.25) is 0 Å². The molecule has 0 aliphatic rings. The summed E-state index contributed by atoms with van der Waals surface area (Å²) in [5.74, 6) is 0.124. The van der Waals surface area contributed by atoms with Crippen LogP contribution in [0.2, 0.25) is 0 Å². The highest BCUT2D eigenvalue weighted by Crippen LogP contribution is 2.29. The van der Waals surface area contributed by atoms with Crippen molar-refractivity contribution < 1.29 is 13.5 Å². The summed E-state index contributed by atoms with van der Waals surface area (Å²) in [6.45, 7) is -2.80. The lowest BCUT2D eigenvalue weighted by Gasteiger charge is -2.06. The SMILES string of the molecule is FC(F)Oc1cc(Br)ccc1Br. The maximum Gasteiger partial charge on any atom is 0.387 e. The van der Waals surface area contributed by atoms with Gasteiger partial charge in [-0.05, 0) is 34.1 Å². The molecule has 0 heterocycles. The van der Waals surface area contributed by atoms with Crippen LogP contribution in [0, 0.1) is 0 Å². The van der Waals surface area contributed by atoms with Gasteiger partial charge in [-0.2, -0.15) is 8.78 Å². The standard InChI is InChI=1S/C7H4Br2F2O/c8-4-1-2-5(9)6(3-4)12-7(10)11/h1-3,7H. The lowest BCUT2D eigenvalue weighted by Crippen LogP contribution is -2.02. The molecule has 0 atom stereocenters. The topological polar surface area (TPSA) is 9.23 Å². The van der Waals surface area contributed by atoms with Crippen molar-refractivity contribution in [2.75, 3.05) is 0 Å². The summed E-state index contributed by atoms with van der Waals surface area (Å²) in [5, 5.41) is 0. The molecule has 0 saturated heterocycles. The average molecular weight is 302 g/mol. The largest absolute Gasteiger partial charge is 0.434 e. The zero-order valence-electron chi connectivity index (χ0n) is 5.73. The molecule has 66 valence electrons. The van der Waals surface area contributed by atoms with Crippen molar-refractivity contribution in [3.63, 3.8) is 0 Å². The Balaban J connectivity index is 2.90. The molecule has 0 radical (unpaired) electrons. The summed E-state index contributed by atoms with van der Waals surface area (Å²) in [6, 6.07) is 4.82. The number of halogens is 4. The van der Waals surface area contributed by atoms with Crippen LogP contribution in [0.1, 0.15) is 0 Å². The molecule has 12 heavy (non-hydrogen) atoms. The van der Waals surface area contributed by atoms with Gasteiger partial charge in [0.25, 0.3) is 0 Å². The van der Waals surface area contributed by atoms with Crippen molar-refractivity contribution >= 4 is 31.9 Å². The molecule has 0 unspecified atom stereocenters. The van der Waals surface area contributed by atoms with Crippen LogP contribution in [0.25, 0.3) is 0 Å². The van der Waals surface area contributed by atoms with Crippen LogP contribution in [-0.4, -0.2) is 6.61 Å². The molecule has 0 fully saturated rings. The van der Waals surface area contributed by atoms with Crippen molar-refractivity contribution in [1.82, 2.24) is 0 Å². The van der Waals surface area contributed by atoms with Gasteiger partial charge in [0, 0.05) is 4.47 Å². The molecule has 0 spiro atoms. The molecule has 1 aromatic rings. The summed E-state index contributed by atoms with van der Waals surface area (Å²) in [5.41, 5.74) is 0. The van der Waals surface area contributed by atoms with E-state index >= 15 is 0 Å². The number of alkyl halides is 2. The number of ether oxygens (including phenoxy) is 1. The van der Waals surface area contributed by atoms with Crippen LogP contribution in [0.3, 0.4) is 0 Å². The fourth-order valence-corrected chi connectivity index (χ4v) is 1.34. The molecule has 1 aromatic carbocycles. The molecule has 1 nitrogen and oxygen atoms in total. The smallest absolute Gasteiger partial charge is 0.387 e. The fourth-order valence-electron chi connectivity index (χ4n) is 0.663. The first-order valence-corrected chi connectivity index (χ1v) is 4.58. The van der Waals surface area contributed by atoms with E-state index in [2.05, 4.69) is 36.6 Å². The van der Waals surface area contributed by atoms with Gasteiger partial charge in [0.15, 0.2) is 0 Å². The number of benzene rings is 1. The van der Waals surface area contributed by atoms with Gasteiger partial charge in [0.2, 0.25) is 0 Å². The summed E-state index contributed by atoms with van der Waals surface area (Å²) in [6.07, 6.45) is 0.